The molecule has 4 aromatic heterocycles. The van der Waals surface area contributed by atoms with E-state index in [0.29, 0.717) is 39.1 Å². The average Bonchev–Trinajstić information content (AvgIpc) is 3.54. The molecule has 0 aliphatic carbocycles. The number of nitrogens with one attached hydrogen (secondary N) is 1. The fraction of sp³-hybridized carbons (Fsp3) is 0.304. The number of nitrogens with zero attached hydrogens (tertiary/aromatic N) is 8. The van der Waals surface area contributed by atoms with Gasteiger partial charge in [-0.3, -0.25) is 14.4 Å². The van der Waals surface area contributed by atoms with Crippen LogP contribution in [-0.2, 0) is 0 Å². The molecule has 5 heterocycles. The van der Waals surface area contributed by atoms with Crippen LogP contribution < -0.4 is 0 Å². The summed E-state index contributed by atoms with van der Waals surface area (Å²) in [5.41, 5.74) is 2.64. The molecule has 1 saturated heterocycles. The summed E-state index contributed by atoms with van der Waals surface area (Å²) in [5.74, 6) is -0.672. The van der Waals surface area contributed by atoms with E-state index in [1.807, 2.05) is 23.1 Å². The summed E-state index contributed by atoms with van der Waals surface area (Å²) in [6, 6.07) is 6.70. The van der Waals surface area contributed by atoms with E-state index in [4.69, 9.17) is 0 Å². The van der Waals surface area contributed by atoms with Crippen molar-refractivity contribution in [1.29, 1.82) is 5.26 Å². The number of carbonyl (C=O) groups is 1. The molecule has 0 radical (unpaired) electrons. The van der Waals surface area contributed by atoms with Crippen LogP contribution in [0.1, 0.15) is 23.0 Å². The second kappa shape index (κ2) is 9.36. The van der Waals surface area contributed by atoms with Crippen molar-refractivity contribution in [1.82, 2.24) is 39.5 Å². The molecule has 172 valence electrons. The number of hydrogen-bond acceptors (Lipinski definition) is 7. The lowest BCUT2D eigenvalue weighted by Gasteiger charge is -2.36. The molecule has 4 aromatic rings. The highest BCUT2D eigenvalue weighted by atomic mass is 19.1. The molecule has 34 heavy (non-hydrogen) atoms. The molecule has 11 heteroatoms. The summed E-state index contributed by atoms with van der Waals surface area (Å²) in [7, 11) is 0. The summed E-state index contributed by atoms with van der Waals surface area (Å²) in [4.78, 5) is 32.2. The number of rotatable bonds is 6. The zero-order valence-corrected chi connectivity index (χ0v) is 18.3. The van der Waals surface area contributed by atoms with Crippen molar-refractivity contribution in [3.63, 3.8) is 0 Å². The normalized spacial score (nSPS) is 15.4. The summed E-state index contributed by atoms with van der Waals surface area (Å²) in [6.07, 6.45) is 8.37. The smallest absolute Gasteiger partial charge is 0.272 e. The van der Waals surface area contributed by atoms with Gasteiger partial charge in [-0.1, -0.05) is 0 Å². The SMILES string of the molecule is N#CCC(CN1CCN(C(=O)c2ccc(F)cn2)CC1)n1cc(-c2ncnc3[nH]ccc23)cn1. The number of aromatic nitrogens is 6. The molecule has 1 aliphatic heterocycles. The Labute approximate surface area is 194 Å². The number of piperazine rings is 1. The minimum atomic E-state index is -0.469. The van der Waals surface area contributed by atoms with E-state index >= 15 is 0 Å². The zero-order chi connectivity index (χ0) is 23.5. The van der Waals surface area contributed by atoms with E-state index in [1.54, 1.807) is 11.1 Å². The van der Waals surface area contributed by atoms with Gasteiger partial charge in [0.25, 0.3) is 5.91 Å². The van der Waals surface area contributed by atoms with Crippen LogP contribution in [0.2, 0.25) is 0 Å². The van der Waals surface area contributed by atoms with Crippen LogP contribution in [0.3, 0.4) is 0 Å². The molecule has 1 fully saturated rings. The first-order valence-corrected chi connectivity index (χ1v) is 10.9. The molecule has 1 unspecified atom stereocenters. The first-order valence-electron chi connectivity index (χ1n) is 10.9. The number of pyridine rings is 1. The second-order valence-electron chi connectivity index (χ2n) is 8.14. The van der Waals surface area contributed by atoms with Crippen molar-refractivity contribution in [3.05, 3.63) is 60.8 Å². The molecule has 0 saturated carbocycles. The largest absolute Gasteiger partial charge is 0.346 e. The fourth-order valence-corrected chi connectivity index (χ4v) is 4.21. The second-order valence-corrected chi connectivity index (χ2v) is 8.14. The number of amides is 1. The fourth-order valence-electron chi connectivity index (χ4n) is 4.21. The topological polar surface area (TPSA) is 120 Å². The predicted molar refractivity (Wildman–Crippen MR) is 121 cm³/mol. The van der Waals surface area contributed by atoms with Gasteiger partial charge in [0.1, 0.15) is 23.5 Å². The number of nitriles is 1. The lowest BCUT2D eigenvalue weighted by molar-refractivity contribution is 0.0611. The van der Waals surface area contributed by atoms with Crippen molar-refractivity contribution >= 4 is 16.9 Å². The third-order valence-electron chi connectivity index (χ3n) is 6.00. The minimum absolute atomic E-state index is 0.136. The summed E-state index contributed by atoms with van der Waals surface area (Å²) in [6.45, 7) is 3.04. The van der Waals surface area contributed by atoms with Gasteiger partial charge in [0.15, 0.2) is 0 Å². The quantitative estimate of drug-likeness (QED) is 0.470. The number of carbonyl (C=O) groups excluding carboxylic acids is 1. The Morgan fingerprint density at radius 1 is 1.15 bits per heavy atom. The summed E-state index contributed by atoms with van der Waals surface area (Å²) < 4.78 is 14.9. The number of halogens is 1. The summed E-state index contributed by atoms with van der Waals surface area (Å²) in [5, 5.41) is 14.8. The summed E-state index contributed by atoms with van der Waals surface area (Å²) >= 11 is 0. The van der Waals surface area contributed by atoms with Crippen LogP contribution in [0.5, 0.6) is 0 Å². The van der Waals surface area contributed by atoms with Crippen LogP contribution in [-0.4, -0.2) is 78.1 Å². The van der Waals surface area contributed by atoms with Crippen molar-refractivity contribution in [2.75, 3.05) is 32.7 Å². The van der Waals surface area contributed by atoms with Crippen LogP contribution in [0, 0.1) is 17.1 Å². The Hall–Kier alpha value is -4.17. The van der Waals surface area contributed by atoms with Gasteiger partial charge < -0.3 is 9.88 Å². The lowest BCUT2D eigenvalue weighted by atomic mass is 10.1. The molecular weight excluding hydrogens is 437 g/mol. The van der Waals surface area contributed by atoms with Gasteiger partial charge >= 0.3 is 0 Å². The van der Waals surface area contributed by atoms with Crippen LogP contribution >= 0.6 is 0 Å². The van der Waals surface area contributed by atoms with Crippen molar-refractivity contribution in [3.8, 4) is 17.3 Å². The first-order chi connectivity index (χ1) is 16.6. The van der Waals surface area contributed by atoms with E-state index < -0.39 is 5.82 Å². The molecule has 1 amide bonds. The van der Waals surface area contributed by atoms with E-state index in [0.717, 1.165) is 28.5 Å². The standard InChI is InChI=1S/C23H22FN9O/c24-17-1-2-20(27-12-17)23(34)32-9-7-31(8-10-32)14-18(3-5-25)33-13-16(11-30-33)21-19-4-6-26-22(19)29-15-28-21/h1-2,4,6,11-13,15,18H,3,7-10,14H2,(H,26,28,29). The van der Waals surface area contributed by atoms with Gasteiger partial charge in [-0.2, -0.15) is 10.4 Å². The monoisotopic (exact) mass is 459 g/mol. The number of H-pyrrole nitrogens is 1. The molecule has 0 aromatic carbocycles. The van der Waals surface area contributed by atoms with E-state index in [2.05, 4.69) is 36.0 Å². The van der Waals surface area contributed by atoms with Crippen LogP contribution in [0.15, 0.2) is 49.3 Å². The highest BCUT2D eigenvalue weighted by Crippen LogP contribution is 2.26. The maximum Gasteiger partial charge on any atom is 0.272 e. The first kappa shape index (κ1) is 21.7. The molecule has 1 N–H and O–H groups in total. The third kappa shape index (κ3) is 4.35. The molecule has 0 bridgehead atoms. The lowest BCUT2D eigenvalue weighted by Crippen LogP contribution is -2.50. The predicted octanol–water partition coefficient (Wildman–Crippen LogP) is 2.27. The number of hydrogen-bond donors (Lipinski definition) is 1. The minimum Gasteiger partial charge on any atom is -0.346 e. The molecule has 5 rings (SSSR count). The Morgan fingerprint density at radius 3 is 2.76 bits per heavy atom. The molecular formula is C23H22FN9O. The molecule has 10 nitrogen and oxygen atoms in total. The maximum absolute atomic E-state index is 13.1. The number of aromatic amines is 1. The van der Waals surface area contributed by atoms with E-state index in [9.17, 15) is 14.4 Å². The van der Waals surface area contributed by atoms with Crippen molar-refractivity contribution in [2.45, 2.75) is 12.5 Å². The Balaban J connectivity index is 1.25. The van der Waals surface area contributed by atoms with E-state index in [-0.39, 0.29) is 17.6 Å². The van der Waals surface area contributed by atoms with Gasteiger partial charge in [-0.25, -0.2) is 19.3 Å². The van der Waals surface area contributed by atoms with Gasteiger partial charge in [-0.05, 0) is 18.2 Å². The van der Waals surface area contributed by atoms with Gasteiger partial charge in [0.2, 0.25) is 0 Å². The van der Waals surface area contributed by atoms with Crippen LogP contribution in [0.4, 0.5) is 4.39 Å². The van der Waals surface area contributed by atoms with E-state index in [1.165, 1.54) is 18.5 Å². The van der Waals surface area contributed by atoms with Gasteiger partial charge in [-0.15, -0.1) is 0 Å². The molecule has 0 spiro atoms. The Kier molecular flexibility index (Phi) is 5.97. The zero-order valence-electron chi connectivity index (χ0n) is 18.3. The maximum atomic E-state index is 13.1. The van der Waals surface area contributed by atoms with Gasteiger partial charge in [0.05, 0.1) is 36.6 Å². The van der Waals surface area contributed by atoms with Crippen molar-refractivity contribution < 1.29 is 9.18 Å². The Bertz CT molecular complexity index is 1330. The third-order valence-corrected chi connectivity index (χ3v) is 6.00. The molecule has 1 aliphatic rings. The number of fused-ring (bicyclic) bond motifs is 1. The van der Waals surface area contributed by atoms with Crippen LogP contribution in [0.25, 0.3) is 22.3 Å². The average molecular weight is 459 g/mol. The molecule has 1 atom stereocenters. The van der Waals surface area contributed by atoms with Crippen molar-refractivity contribution in [2.24, 2.45) is 0 Å². The van der Waals surface area contributed by atoms with Gasteiger partial charge in [0, 0.05) is 56.1 Å². The highest BCUT2D eigenvalue weighted by molar-refractivity contribution is 5.92. The Morgan fingerprint density at radius 2 is 2.00 bits per heavy atom. The highest BCUT2D eigenvalue weighted by Gasteiger charge is 2.25.